The highest BCUT2D eigenvalue weighted by Crippen LogP contribution is 2.15. The molecule has 1 rings (SSSR count). The number of hydrogen-bond donors (Lipinski definition) is 2. The Morgan fingerprint density at radius 1 is 1.44 bits per heavy atom. The average molecular weight is 338 g/mol. The van der Waals surface area contributed by atoms with Gasteiger partial charge >= 0.3 is 5.97 Å². The van der Waals surface area contributed by atoms with Gasteiger partial charge in [-0.3, -0.25) is 0 Å². The van der Waals surface area contributed by atoms with E-state index in [0.29, 0.717) is 4.47 Å². The first-order valence-corrected chi connectivity index (χ1v) is 7.24. The molecule has 1 aromatic rings. The van der Waals surface area contributed by atoms with Gasteiger partial charge in [-0.25, -0.2) is 17.9 Å². The molecule has 100 valence electrons. The number of nitrogens with one attached hydrogen (secondary N) is 1. The third-order valence-corrected chi connectivity index (χ3v) is 3.82. The molecule has 0 saturated heterocycles. The lowest BCUT2D eigenvalue weighted by molar-refractivity contribution is -0.142. The van der Waals surface area contributed by atoms with E-state index in [1.165, 1.54) is 12.1 Å². The minimum absolute atomic E-state index is 0.000463. The maximum absolute atomic E-state index is 11.8. The summed E-state index contributed by atoms with van der Waals surface area (Å²) in [6.07, 6.45) is 0. The van der Waals surface area contributed by atoms with E-state index in [0.717, 1.165) is 0 Å². The number of sulfonamides is 1. The zero-order valence-electron chi connectivity index (χ0n) is 9.30. The van der Waals surface area contributed by atoms with Gasteiger partial charge in [0.15, 0.2) is 0 Å². The maximum Gasteiger partial charge on any atom is 0.329 e. The molecule has 0 fully saturated rings. The van der Waals surface area contributed by atoms with Crippen LogP contribution in [0.25, 0.3) is 0 Å². The van der Waals surface area contributed by atoms with Crippen LogP contribution in [-0.4, -0.2) is 39.3 Å². The van der Waals surface area contributed by atoms with E-state index >= 15 is 0 Å². The van der Waals surface area contributed by atoms with Gasteiger partial charge in [0.2, 0.25) is 10.0 Å². The Morgan fingerprint density at radius 3 is 2.78 bits per heavy atom. The van der Waals surface area contributed by atoms with Crippen molar-refractivity contribution >= 4 is 31.9 Å². The predicted molar refractivity (Wildman–Crippen MR) is 67.8 cm³/mol. The summed E-state index contributed by atoms with van der Waals surface area (Å²) < 4.78 is 31.2. The molecule has 6 nitrogen and oxygen atoms in total. The molecule has 0 aliphatic heterocycles. The number of benzene rings is 1. The molecule has 1 aromatic carbocycles. The van der Waals surface area contributed by atoms with Crippen molar-refractivity contribution in [3.05, 3.63) is 28.7 Å². The second kappa shape index (κ2) is 6.83. The molecule has 2 N–H and O–H groups in total. The van der Waals surface area contributed by atoms with Crippen LogP contribution in [0.2, 0.25) is 0 Å². The Balaban J connectivity index is 2.48. The third kappa shape index (κ3) is 5.13. The minimum atomic E-state index is -3.59. The topological polar surface area (TPSA) is 92.7 Å². The van der Waals surface area contributed by atoms with Gasteiger partial charge in [0.25, 0.3) is 0 Å². The molecular formula is C10H12BrNO5S. The van der Waals surface area contributed by atoms with Crippen LogP contribution in [0.5, 0.6) is 0 Å². The number of carboxylic acid groups (broad SMARTS) is 1. The standard InChI is InChI=1S/C10H12BrNO5S/c11-8-2-1-3-9(6-8)18(15,16)12-4-5-17-7-10(13)14/h1-3,6,12H,4-5,7H2,(H,13,14). The van der Waals surface area contributed by atoms with Crippen LogP contribution in [0.15, 0.2) is 33.6 Å². The van der Waals surface area contributed by atoms with Gasteiger partial charge in [0.1, 0.15) is 6.61 Å². The largest absolute Gasteiger partial charge is 0.480 e. The van der Waals surface area contributed by atoms with Gasteiger partial charge in [-0.1, -0.05) is 22.0 Å². The summed E-state index contributed by atoms with van der Waals surface area (Å²) in [6, 6.07) is 6.26. The Bertz CT molecular complexity index is 517. The highest BCUT2D eigenvalue weighted by atomic mass is 79.9. The Hall–Kier alpha value is -0.960. The maximum atomic E-state index is 11.8. The quantitative estimate of drug-likeness (QED) is 0.719. The summed E-state index contributed by atoms with van der Waals surface area (Å²) in [5.41, 5.74) is 0. The van der Waals surface area contributed by atoms with E-state index in [1.54, 1.807) is 12.1 Å². The molecule has 8 heteroatoms. The molecule has 0 aliphatic carbocycles. The third-order valence-electron chi connectivity index (χ3n) is 1.87. The molecule has 0 heterocycles. The predicted octanol–water partition coefficient (Wildman–Crippen LogP) is 0.829. The summed E-state index contributed by atoms with van der Waals surface area (Å²) in [5, 5.41) is 8.31. The smallest absolute Gasteiger partial charge is 0.329 e. The first-order chi connectivity index (χ1) is 8.42. The lowest BCUT2D eigenvalue weighted by Gasteiger charge is -2.06. The molecule has 0 unspecified atom stereocenters. The van der Waals surface area contributed by atoms with E-state index in [4.69, 9.17) is 9.84 Å². The van der Waals surface area contributed by atoms with Gasteiger partial charge in [-0.2, -0.15) is 0 Å². The molecule has 0 aliphatic rings. The molecule has 0 radical (unpaired) electrons. The van der Waals surface area contributed by atoms with E-state index < -0.39 is 22.6 Å². The average Bonchev–Trinajstić information content (AvgIpc) is 2.28. The Labute approximate surface area is 113 Å². The summed E-state index contributed by atoms with van der Waals surface area (Å²) in [6.45, 7) is -0.430. The molecule has 0 spiro atoms. The van der Waals surface area contributed by atoms with E-state index in [-0.39, 0.29) is 18.0 Å². The fourth-order valence-corrected chi connectivity index (χ4v) is 2.73. The van der Waals surface area contributed by atoms with E-state index in [1.807, 2.05) is 0 Å². The second-order valence-electron chi connectivity index (χ2n) is 3.30. The second-order valence-corrected chi connectivity index (χ2v) is 5.98. The molecule has 0 atom stereocenters. The van der Waals surface area contributed by atoms with Gasteiger partial charge in [-0.05, 0) is 18.2 Å². The summed E-state index contributed by atoms with van der Waals surface area (Å²) >= 11 is 3.18. The van der Waals surface area contributed by atoms with Crippen LogP contribution in [0, 0.1) is 0 Å². The van der Waals surface area contributed by atoms with Crippen molar-refractivity contribution in [2.75, 3.05) is 19.8 Å². The molecule has 0 bridgehead atoms. The number of hydrogen-bond acceptors (Lipinski definition) is 4. The zero-order valence-corrected chi connectivity index (χ0v) is 11.7. The molecule has 0 saturated carbocycles. The highest BCUT2D eigenvalue weighted by molar-refractivity contribution is 9.10. The number of carbonyl (C=O) groups is 1. The van der Waals surface area contributed by atoms with Crippen molar-refractivity contribution < 1.29 is 23.1 Å². The van der Waals surface area contributed by atoms with Gasteiger partial charge in [0.05, 0.1) is 11.5 Å². The Morgan fingerprint density at radius 2 is 2.17 bits per heavy atom. The van der Waals surface area contributed by atoms with Crippen LogP contribution >= 0.6 is 15.9 Å². The van der Waals surface area contributed by atoms with Crippen molar-refractivity contribution in [1.82, 2.24) is 4.72 Å². The number of rotatable bonds is 7. The summed E-state index contributed by atoms with van der Waals surface area (Å²) in [7, 11) is -3.59. The van der Waals surface area contributed by atoms with Crippen LogP contribution in [0.1, 0.15) is 0 Å². The highest BCUT2D eigenvalue weighted by Gasteiger charge is 2.13. The van der Waals surface area contributed by atoms with Crippen molar-refractivity contribution in [3.8, 4) is 0 Å². The van der Waals surface area contributed by atoms with Crippen molar-refractivity contribution in [1.29, 1.82) is 0 Å². The van der Waals surface area contributed by atoms with Crippen molar-refractivity contribution in [2.24, 2.45) is 0 Å². The lowest BCUT2D eigenvalue weighted by atomic mass is 10.4. The molecule has 0 aromatic heterocycles. The normalized spacial score (nSPS) is 11.4. The minimum Gasteiger partial charge on any atom is -0.480 e. The van der Waals surface area contributed by atoms with Gasteiger partial charge in [-0.15, -0.1) is 0 Å². The summed E-state index contributed by atoms with van der Waals surface area (Å²) in [4.78, 5) is 10.3. The molecule has 18 heavy (non-hydrogen) atoms. The number of halogens is 1. The molecular weight excluding hydrogens is 326 g/mol. The van der Waals surface area contributed by atoms with E-state index in [9.17, 15) is 13.2 Å². The lowest BCUT2D eigenvalue weighted by Crippen LogP contribution is -2.28. The van der Waals surface area contributed by atoms with Crippen molar-refractivity contribution in [2.45, 2.75) is 4.90 Å². The first kappa shape index (κ1) is 15.1. The van der Waals surface area contributed by atoms with Gasteiger partial charge < -0.3 is 9.84 Å². The number of carboxylic acids is 1. The fourth-order valence-electron chi connectivity index (χ4n) is 1.13. The van der Waals surface area contributed by atoms with E-state index in [2.05, 4.69) is 20.7 Å². The number of ether oxygens (including phenoxy) is 1. The van der Waals surface area contributed by atoms with Crippen LogP contribution in [0.3, 0.4) is 0 Å². The Kier molecular flexibility index (Phi) is 5.73. The zero-order chi connectivity index (χ0) is 13.6. The monoisotopic (exact) mass is 337 g/mol. The first-order valence-electron chi connectivity index (χ1n) is 4.96. The SMILES string of the molecule is O=C(O)COCCNS(=O)(=O)c1cccc(Br)c1. The number of aliphatic carboxylic acids is 1. The van der Waals surface area contributed by atoms with Gasteiger partial charge in [0, 0.05) is 11.0 Å². The van der Waals surface area contributed by atoms with Crippen LogP contribution in [0.4, 0.5) is 0 Å². The van der Waals surface area contributed by atoms with Crippen LogP contribution in [-0.2, 0) is 19.6 Å². The van der Waals surface area contributed by atoms with Crippen molar-refractivity contribution in [3.63, 3.8) is 0 Å². The van der Waals surface area contributed by atoms with Crippen LogP contribution < -0.4 is 4.72 Å². The summed E-state index contributed by atoms with van der Waals surface area (Å²) in [5.74, 6) is -1.09. The fraction of sp³-hybridized carbons (Fsp3) is 0.300. The molecule has 0 amide bonds.